The van der Waals surface area contributed by atoms with E-state index in [2.05, 4.69) is 0 Å². The molecular weight excluding hydrogens is 124 g/mol. The second-order valence-corrected chi connectivity index (χ2v) is 1.79. The molecule has 1 saturated heterocycles. The number of aliphatic hydroxyl groups excluding tert-OH is 1. The van der Waals surface area contributed by atoms with E-state index >= 15 is 0 Å². The molecule has 1 fully saturated rings. The summed E-state index contributed by atoms with van der Waals surface area (Å²) in [4.78, 5) is 0. The van der Waals surface area contributed by atoms with E-state index in [4.69, 9.17) is 19.3 Å². The van der Waals surface area contributed by atoms with Gasteiger partial charge >= 0.3 is 0 Å². The van der Waals surface area contributed by atoms with Crippen molar-refractivity contribution in [1.29, 1.82) is 0 Å². The molecule has 1 heterocycles. The highest BCUT2D eigenvalue weighted by molar-refractivity contribution is 4.50. The standard InChI is InChI=1S/C5H10O4/c1-7-5-3-8-4(6)2-9-5/h4-6H,2-3H2,1H3. The van der Waals surface area contributed by atoms with Crippen molar-refractivity contribution in [2.45, 2.75) is 12.6 Å². The molecule has 54 valence electrons. The number of aliphatic hydroxyl groups is 1. The number of hydrogen-bond acceptors (Lipinski definition) is 4. The minimum absolute atomic E-state index is 0.193. The highest BCUT2D eigenvalue weighted by Gasteiger charge is 2.18. The van der Waals surface area contributed by atoms with Gasteiger partial charge in [0.25, 0.3) is 0 Å². The summed E-state index contributed by atoms with van der Waals surface area (Å²) < 4.78 is 14.5. The van der Waals surface area contributed by atoms with Crippen molar-refractivity contribution in [2.75, 3.05) is 20.3 Å². The van der Waals surface area contributed by atoms with E-state index in [9.17, 15) is 0 Å². The highest BCUT2D eigenvalue weighted by atomic mass is 16.7. The molecule has 1 rings (SSSR count). The van der Waals surface area contributed by atoms with Gasteiger partial charge in [0.05, 0.1) is 0 Å². The van der Waals surface area contributed by atoms with Crippen LogP contribution in [0.3, 0.4) is 0 Å². The summed E-state index contributed by atoms with van der Waals surface area (Å²) in [6, 6.07) is 0. The predicted octanol–water partition coefficient (Wildman–Crippen LogP) is -0.676. The number of hydrogen-bond donors (Lipinski definition) is 1. The third-order valence-electron chi connectivity index (χ3n) is 1.11. The van der Waals surface area contributed by atoms with E-state index < -0.39 is 6.29 Å². The van der Waals surface area contributed by atoms with Crippen molar-refractivity contribution < 1.29 is 19.3 Å². The van der Waals surface area contributed by atoms with E-state index in [1.54, 1.807) is 0 Å². The molecule has 1 aliphatic rings. The molecule has 1 N–H and O–H groups in total. The monoisotopic (exact) mass is 134 g/mol. The van der Waals surface area contributed by atoms with Gasteiger partial charge in [0, 0.05) is 7.11 Å². The Hall–Kier alpha value is -0.160. The van der Waals surface area contributed by atoms with Crippen molar-refractivity contribution in [2.24, 2.45) is 0 Å². The molecule has 0 saturated carbocycles. The summed E-state index contributed by atoms with van der Waals surface area (Å²) in [5.41, 5.74) is 0. The lowest BCUT2D eigenvalue weighted by Gasteiger charge is -2.24. The molecule has 0 aromatic rings. The van der Waals surface area contributed by atoms with Crippen LogP contribution in [0.4, 0.5) is 0 Å². The topological polar surface area (TPSA) is 47.9 Å². The van der Waals surface area contributed by atoms with Gasteiger partial charge < -0.3 is 19.3 Å². The van der Waals surface area contributed by atoms with Crippen LogP contribution < -0.4 is 0 Å². The maximum Gasteiger partial charge on any atom is 0.180 e. The molecule has 2 atom stereocenters. The predicted molar refractivity (Wildman–Crippen MR) is 28.7 cm³/mol. The van der Waals surface area contributed by atoms with E-state index in [1.807, 2.05) is 0 Å². The van der Waals surface area contributed by atoms with Gasteiger partial charge in [-0.25, -0.2) is 0 Å². The summed E-state index contributed by atoms with van der Waals surface area (Å²) in [5.74, 6) is 0. The fraction of sp³-hybridized carbons (Fsp3) is 1.00. The first kappa shape index (κ1) is 6.95. The van der Waals surface area contributed by atoms with Gasteiger partial charge in [-0.3, -0.25) is 0 Å². The van der Waals surface area contributed by atoms with Crippen molar-refractivity contribution in [3.05, 3.63) is 0 Å². The van der Waals surface area contributed by atoms with E-state index in [-0.39, 0.29) is 12.9 Å². The number of rotatable bonds is 1. The van der Waals surface area contributed by atoms with Crippen molar-refractivity contribution in [3.63, 3.8) is 0 Å². The smallest absolute Gasteiger partial charge is 0.180 e. The summed E-state index contributed by atoms with van der Waals surface area (Å²) in [6.07, 6.45) is -1.09. The lowest BCUT2D eigenvalue weighted by atomic mass is 10.5. The molecule has 2 unspecified atom stereocenters. The second-order valence-electron chi connectivity index (χ2n) is 1.79. The van der Waals surface area contributed by atoms with Crippen molar-refractivity contribution in [1.82, 2.24) is 0 Å². The van der Waals surface area contributed by atoms with Crippen LogP contribution in [0.25, 0.3) is 0 Å². The molecule has 4 heteroatoms. The summed E-state index contributed by atoms with van der Waals surface area (Å²) in [5, 5.41) is 8.72. The van der Waals surface area contributed by atoms with Crippen molar-refractivity contribution in [3.8, 4) is 0 Å². The summed E-state index contributed by atoms with van der Waals surface area (Å²) >= 11 is 0. The minimum Gasteiger partial charge on any atom is -0.366 e. The van der Waals surface area contributed by atoms with Crippen LogP contribution in [0.5, 0.6) is 0 Å². The molecule has 0 bridgehead atoms. The van der Waals surface area contributed by atoms with Crippen LogP contribution in [-0.4, -0.2) is 38.0 Å². The minimum atomic E-state index is -0.781. The average Bonchev–Trinajstić information content (AvgIpc) is 1.90. The molecular formula is C5H10O4. The Kier molecular flexibility index (Phi) is 2.41. The molecule has 1 aliphatic heterocycles. The first-order chi connectivity index (χ1) is 4.33. The Balaban J connectivity index is 2.18. The van der Waals surface area contributed by atoms with Crippen molar-refractivity contribution >= 4 is 0 Å². The fourth-order valence-corrected chi connectivity index (χ4v) is 0.612. The zero-order valence-corrected chi connectivity index (χ0v) is 5.24. The third kappa shape index (κ3) is 1.91. The van der Waals surface area contributed by atoms with Gasteiger partial charge in [0.15, 0.2) is 12.6 Å². The number of methoxy groups -OCH3 is 1. The Morgan fingerprint density at radius 3 is 2.67 bits per heavy atom. The van der Waals surface area contributed by atoms with Crippen LogP contribution in [0.15, 0.2) is 0 Å². The third-order valence-corrected chi connectivity index (χ3v) is 1.11. The number of ether oxygens (including phenoxy) is 3. The first-order valence-corrected chi connectivity index (χ1v) is 2.77. The normalized spacial score (nSPS) is 36.7. The van der Waals surface area contributed by atoms with Crippen LogP contribution in [0.1, 0.15) is 0 Å². The second kappa shape index (κ2) is 3.12. The van der Waals surface area contributed by atoms with Gasteiger partial charge in [-0.15, -0.1) is 0 Å². The summed E-state index contributed by atoms with van der Waals surface area (Å²) in [6.45, 7) is 0.496. The van der Waals surface area contributed by atoms with Crippen LogP contribution in [0, 0.1) is 0 Å². The Labute approximate surface area is 53.3 Å². The molecule has 9 heavy (non-hydrogen) atoms. The highest BCUT2D eigenvalue weighted by Crippen LogP contribution is 2.04. The van der Waals surface area contributed by atoms with Gasteiger partial charge in [0.1, 0.15) is 13.2 Å². The van der Waals surface area contributed by atoms with E-state index in [0.717, 1.165) is 0 Å². The van der Waals surface area contributed by atoms with E-state index in [1.165, 1.54) is 7.11 Å². The van der Waals surface area contributed by atoms with Crippen LogP contribution in [-0.2, 0) is 14.2 Å². The maximum atomic E-state index is 8.72. The molecule has 0 amide bonds. The molecule has 0 aromatic heterocycles. The van der Waals surface area contributed by atoms with Gasteiger partial charge in [-0.1, -0.05) is 0 Å². The molecule has 0 radical (unpaired) electrons. The fourth-order valence-electron chi connectivity index (χ4n) is 0.612. The molecule has 0 aromatic carbocycles. The Morgan fingerprint density at radius 2 is 2.22 bits per heavy atom. The lowest BCUT2D eigenvalue weighted by molar-refractivity contribution is -0.270. The van der Waals surface area contributed by atoms with Gasteiger partial charge in [-0.05, 0) is 0 Å². The maximum absolute atomic E-state index is 8.72. The zero-order valence-electron chi connectivity index (χ0n) is 5.24. The Bertz CT molecular complexity index is 77.0. The summed E-state index contributed by atoms with van der Waals surface area (Å²) in [7, 11) is 1.53. The van der Waals surface area contributed by atoms with E-state index in [0.29, 0.717) is 6.61 Å². The zero-order chi connectivity index (χ0) is 6.69. The SMILES string of the molecule is COC1COC(O)CO1. The van der Waals surface area contributed by atoms with Gasteiger partial charge in [0.2, 0.25) is 0 Å². The van der Waals surface area contributed by atoms with Crippen LogP contribution >= 0.6 is 0 Å². The Morgan fingerprint density at radius 1 is 1.44 bits per heavy atom. The lowest BCUT2D eigenvalue weighted by Crippen LogP contribution is -2.36. The average molecular weight is 134 g/mol. The van der Waals surface area contributed by atoms with Gasteiger partial charge in [-0.2, -0.15) is 0 Å². The molecule has 0 aliphatic carbocycles. The largest absolute Gasteiger partial charge is 0.366 e. The first-order valence-electron chi connectivity index (χ1n) is 2.77. The molecule has 0 spiro atoms. The molecule has 4 nitrogen and oxygen atoms in total. The van der Waals surface area contributed by atoms with Crippen LogP contribution in [0.2, 0.25) is 0 Å². The quantitative estimate of drug-likeness (QED) is 0.516.